The van der Waals surface area contributed by atoms with Crippen LogP contribution in [0.3, 0.4) is 0 Å². The molecule has 0 aliphatic heterocycles. The number of rotatable bonds is 4. The van der Waals surface area contributed by atoms with Crippen molar-refractivity contribution in [2.24, 2.45) is 5.73 Å². The number of carbonyl (C=O) groups excluding carboxylic acids is 2. The van der Waals surface area contributed by atoms with Gasteiger partial charge in [-0.15, -0.1) is 11.3 Å². The van der Waals surface area contributed by atoms with E-state index in [1.165, 1.54) is 0 Å². The van der Waals surface area contributed by atoms with Gasteiger partial charge in [-0.1, -0.05) is 0 Å². The Morgan fingerprint density at radius 1 is 1.33 bits per heavy atom. The fourth-order valence-corrected chi connectivity index (χ4v) is 2.45. The quantitative estimate of drug-likeness (QED) is 0.812. The Balaban J connectivity index is 1.88. The van der Waals surface area contributed by atoms with Gasteiger partial charge in [-0.05, 0) is 24.6 Å². The van der Waals surface area contributed by atoms with E-state index in [9.17, 15) is 9.59 Å². The fraction of sp³-hybridized carbons (Fsp3) is 0.167. The summed E-state index contributed by atoms with van der Waals surface area (Å²) in [6.45, 7) is 0.396. The van der Waals surface area contributed by atoms with E-state index in [2.05, 4.69) is 5.32 Å². The maximum atomic E-state index is 10.9. The molecule has 0 radical (unpaired) electrons. The van der Waals surface area contributed by atoms with Gasteiger partial charge in [0.1, 0.15) is 0 Å². The van der Waals surface area contributed by atoms with E-state index >= 15 is 0 Å². The van der Waals surface area contributed by atoms with Crippen molar-refractivity contribution in [3.63, 3.8) is 0 Å². The van der Waals surface area contributed by atoms with Crippen LogP contribution in [-0.2, 0) is 16.0 Å². The lowest BCUT2D eigenvalue weighted by molar-refractivity contribution is -0.137. The summed E-state index contributed by atoms with van der Waals surface area (Å²) < 4.78 is 5.02. The molecule has 0 aromatic carbocycles. The molecule has 94 valence electrons. The van der Waals surface area contributed by atoms with Gasteiger partial charge in [0.25, 0.3) is 0 Å². The van der Waals surface area contributed by atoms with Crippen LogP contribution < -0.4 is 11.1 Å². The molecule has 0 saturated heterocycles. The molecule has 3 N–H and O–H groups in total. The normalized spacial score (nSPS) is 10.2. The van der Waals surface area contributed by atoms with Gasteiger partial charge >= 0.3 is 11.8 Å². The number of hydrogen-bond donors (Lipinski definition) is 2. The summed E-state index contributed by atoms with van der Waals surface area (Å²) in [5.41, 5.74) is 5.86. The van der Waals surface area contributed by atoms with Crippen LogP contribution in [0.25, 0.3) is 10.4 Å². The third-order valence-corrected chi connectivity index (χ3v) is 3.54. The molecule has 2 aromatic heterocycles. The van der Waals surface area contributed by atoms with E-state index in [1.54, 1.807) is 23.9 Å². The van der Waals surface area contributed by atoms with Crippen molar-refractivity contribution in [1.82, 2.24) is 5.32 Å². The highest BCUT2D eigenvalue weighted by atomic mass is 32.1. The number of primary amides is 1. The number of furan rings is 1. The largest absolute Gasteiger partial charge is 0.472 e. The fourth-order valence-electron chi connectivity index (χ4n) is 1.46. The maximum Gasteiger partial charge on any atom is 0.309 e. The van der Waals surface area contributed by atoms with Crippen LogP contribution in [0, 0.1) is 0 Å². The van der Waals surface area contributed by atoms with Crippen LogP contribution in [0.5, 0.6) is 0 Å². The molecule has 0 aliphatic carbocycles. The summed E-state index contributed by atoms with van der Waals surface area (Å²) in [7, 11) is 0. The maximum absolute atomic E-state index is 10.9. The minimum Gasteiger partial charge on any atom is -0.472 e. The average Bonchev–Trinajstić information content (AvgIpc) is 2.98. The second-order valence-corrected chi connectivity index (χ2v) is 4.82. The third-order valence-electron chi connectivity index (χ3n) is 2.35. The molecular weight excluding hydrogens is 252 g/mol. The van der Waals surface area contributed by atoms with Crippen LogP contribution in [0.2, 0.25) is 0 Å². The molecule has 2 rings (SSSR count). The first kappa shape index (κ1) is 12.4. The van der Waals surface area contributed by atoms with Gasteiger partial charge in [-0.2, -0.15) is 0 Å². The first-order valence-electron chi connectivity index (χ1n) is 5.36. The summed E-state index contributed by atoms with van der Waals surface area (Å²) in [6, 6.07) is 5.88. The predicted octanol–water partition coefficient (Wildman–Crippen LogP) is 1.15. The van der Waals surface area contributed by atoms with E-state index in [-0.39, 0.29) is 0 Å². The molecule has 2 heterocycles. The van der Waals surface area contributed by atoms with Crippen LogP contribution in [0.4, 0.5) is 0 Å². The first-order chi connectivity index (χ1) is 8.66. The lowest BCUT2D eigenvalue weighted by atomic mass is 10.3. The molecule has 6 heteroatoms. The molecule has 0 saturated carbocycles. The van der Waals surface area contributed by atoms with Gasteiger partial charge in [0.05, 0.1) is 12.5 Å². The summed E-state index contributed by atoms with van der Waals surface area (Å²) in [5.74, 6) is -1.71. The Kier molecular flexibility index (Phi) is 3.78. The molecule has 0 spiro atoms. The van der Waals surface area contributed by atoms with Crippen molar-refractivity contribution >= 4 is 23.2 Å². The van der Waals surface area contributed by atoms with Crippen molar-refractivity contribution in [3.8, 4) is 10.4 Å². The van der Waals surface area contributed by atoms with E-state index in [4.69, 9.17) is 10.2 Å². The second kappa shape index (κ2) is 5.50. The lowest BCUT2D eigenvalue weighted by Gasteiger charge is -2.00. The van der Waals surface area contributed by atoms with Gasteiger partial charge in [-0.3, -0.25) is 9.59 Å². The van der Waals surface area contributed by atoms with Crippen LogP contribution in [0.1, 0.15) is 4.88 Å². The SMILES string of the molecule is NC(=O)C(=O)NCCc1ccc(-c2ccoc2)s1. The van der Waals surface area contributed by atoms with Crippen molar-refractivity contribution in [2.45, 2.75) is 6.42 Å². The molecule has 0 fully saturated rings. The highest BCUT2D eigenvalue weighted by Crippen LogP contribution is 2.28. The molecule has 0 unspecified atom stereocenters. The second-order valence-electron chi connectivity index (χ2n) is 3.65. The zero-order chi connectivity index (χ0) is 13.0. The Hall–Kier alpha value is -2.08. The van der Waals surface area contributed by atoms with Crippen molar-refractivity contribution in [1.29, 1.82) is 0 Å². The smallest absolute Gasteiger partial charge is 0.309 e. The summed E-state index contributed by atoms with van der Waals surface area (Å²) in [6.07, 6.45) is 3.98. The van der Waals surface area contributed by atoms with Gasteiger partial charge in [0, 0.05) is 21.9 Å². The van der Waals surface area contributed by atoms with Crippen molar-refractivity contribution in [3.05, 3.63) is 35.6 Å². The Morgan fingerprint density at radius 2 is 2.17 bits per heavy atom. The number of thiophene rings is 1. The monoisotopic (exact) mass is 264 g/mol. The molecule has 2 amide bonds. The Bertz CT molecular complexity index is 545. The number of carbonyl (C=O) groups is 2. The van der Waals surface area contributed by atoms with E-state index in [1.807, 2.05) is 18.2 Å². The Morgan fingerprint density at radius 3 is 2.83 bits per heavy atom. The molecule has 0 aliphatic rings. The topological polar surface area (TPSA) is 85.3 Å². The zero-order valence-electron chi connectivity index (χ0n) is 9.51. The lowest BCUT2D eigenvalue weighted by Crippen LogP contribution is -2.36. The highest BCUT2D eigenvalue weighted by molar-refractivity contribution is 7.15. The van der Waals surface area contributed by atoms with Crippen molar-refractivity contribution in [2.75, 3.05) is 6.54 Å². The van der Waals surface area contributed by atoms with Crippen molar-refractivity contribution < 1.29 is 14.0 Å². The summed E-state index contributed by atoms with van der Waals surface area (Å²) in [4.78, 5) is 23.7. The molecular formula is C12H12N2O3S. The molecule has 2 aromatic rings. The zero-order valence-corrected chi connectivity index (χ0v) is 10.3. The van der Waals surface area contributed by atoms with Crippen LogP contribution in [-0.4, -0.2) is 18.4 Å². The number of nitrogens with one attached hydrogen (secondary N) is 1. The molecule has 0 atom stereocenters. The van der Waals surface area contributed by atoms with Crippen LogP contribution in [0.15, 0.2) is 35.1 Å². The highest BCUT2D eigenvalue weighted by Gasteiger charge is 2.08. The third kappa shape index (κ3) is 2.98. The van der Waals surface area contributed by atoms with Crippen LogP contribution >= 0.6 is 11.3 Å². The van der Waals surface area contributed by atoms with Gasteiger partial charge in [0.15, 0.2) is 0 Å². The predicted molar refractivity (Wildman–Crippen MR) is 67.9 cm³/mol. The number of amides is 2. The Labute approximate surface area is 108 Å². The number of nitrogens with two attached hydrogens (primary N) is 1. The standard InChI is InChI=1S/C12H12N2O3S/c13-11(15)12(16)14-5-3-9-1-2-10(18-9)8-4-6-17-7-8/h1-2,4,6-7H,3,5H2,(H2,13,15)(H,14,16). The van der Waals surface area contributed by atoms with Gasteiger partial charge < -0.3 is 15.5 Å². The summed E-state index contributed by atoms with van der Waals surface area (Å²) in [5, 5.41) is 2.45. The van der Waals surface area contributed by atoms with Gasteiger partial charge in [0.2, 0.25) is 0 Å². The first-order valence-corrected chi connectivity index (χ1v) is 6.17. The minimum absolute atomic E-state index is 0.396. The van der Waals surface area contributed by atoms with E-state index in [0.29, 0.717) is 13.0 Å². The minimum atomic E-state index is -0.958. The van der Waals surface area contributed by atoms with Gasteiger partial charge in [-0.25, -0.2) is 0 Å². The molecule has 0 bridgehead atoms. The summed E-state index contributed by atoms with van der Waals surface area (Å²) >= 11 is 1.62. The molecule has 5 nitrogen and oxygen atoms in total. The average molecular weight is 264 g/mol. The van der Waals surface area contributed by atoms with E-state index < -0.39 is 11.8 Å². The molecule has 18 heavy (non-hydrogen) atoms. The number of hydrogen-bond acceptors (Lipinski definition) is 4. The van der Waals surface area contributed by atoms with E-state index in [0.717, 1.165) is 15.3 Å².